The quantitative estimate of drug-likeness (QED) is 0.666. The number of ether oxygens (including phenoxy) is 1. The van der Waals surface area contributed by atoms with Gasteiger partial charge in [-0.25, -0.2) is 4.79 Å². The molecule has 1 fully saturated rings. The molecule has 1 aliphatic heterocycles. The highest BCUT2D eigenvalue weighted by molar-refractivity contribution is 5.68. The maximum absolute atomic E-state index is 12.0. The molecule has 3 rings (SSSR count). The SMILES string of the molecule is CC(C)(C)OC(=O)N1CCC(n2ccc(N)cc2=O)CC1.Nc1cc[nH]c(=O)c1. The van der Waals surface area contributed by atoms with E-state index in [1.165, 1.54) is 18.3 Å². The van der Waals surface area contributed by atoms with Crippen LogP contribution in [0.1, 0.15) is 39.7 Å². The highest BCUT2D eigenvalue weighted by atomic mass is 16.6. The van der Waals surface area contributed by atoms with Crippen LogP contribution in [0.5, 0.6) is 0 Å². The molecule has 9 heteroatoms. The maximum atomic E-state index is 12.0. The van der Waals surface area contributed by atoms with Crippen molar-refractivity contribution in [2.75, 3.05) is 24.6 Å². The van der Waals surface area contributed by atoms with Crippen LogP contribution in [0.15, 0.2) is 46.2 Å². The third-order valence-corrected chi connectivity index (χ3v) is 4.28. The lowest BCUT2D eigenvalue weighted by molar-refractivity contribution is 0.0187. The van der Waals surface area contributed by atoms with Gasteiger partial charge in [-0.2, -0.15) is 0 Å². The first-order valence-electron chi connectivity index (χ1n) is 9.45. The second-order valence-electron chi connectivity index (χ2n) is 7.89. The standard InChI is InChI=1S/C15H23N3O3.C5H6N2O/c1-15(2,3)21-14(20)17-7-5-12(6-8-17)18-9-4-11(16)10-13(18)19;6-4-1-2-7-5(8)3-4/h4,9-10,12H,5-8,16H2,1-3H3;1-3H,(H3,6,7,8). The lowest BCUT2D eigenvalue weighted by Crippen LogP contribution is -2.43. The molecule has 0 aliphatic carbocycles. The van der Waals surface area contributed by atoms with E-state index in [1.807, 2.05) is 20.8 Å². The molecule has 0 radical (unpaired) electrons. The number of nitrogen functional groups attached to an aromatic ring is 2. The molecule has 0 atom stereocenters. The molecule has 9 nitrogen and oxygen atoms in total. The van der Waals surface area contributed by atoms with Crippen LogP contribution in [0.3, 0.4) is 0 Å². The molecule has 29 heavy (non-hydrogen) atoms. The van der Waals surface area contributed by atoms with Crippen molar-refractivity contribution >= 4 is 17.5 Å². The minimum absolute atomic E-state index is 0.0919. The highest BCUT2D eigenvalue weighted by Gasteiger charge is 2.27. The van der Waals surface area contributed by atoms with Crippen LogP contribution >= 0.6 is 0 Å². The van der Waals surface area contributed by atoms with Crippen molar-refractivity contribution in [2.45, 2.75) is 45.3 Å². The van der Waals surface area contributed by atoms with Crippen molar-refractivity contribution < 1.29 is 9.53 Å². The van der Waals surface area contributed by atoms with E-state index in [9.17, 15) is 14.4 Å². The number of aromatic amines is 1. The lowest BCUT2D eigenvalue weighted by atomic mass is 10.0. The van der Waals surface area contributed by atoms with Gasteiger partial charge in [0.15, 0.2) is 0 Å². The van der Waals surface area contributed by atoms with Gasteiger partial charge < -0.3 is 30.7 Å². The van der Waals surface area contributed by atoms with Crippen LogP contribution in [0.4, 0.5) is 16.2 Å². The van der Waals surface area contributed by atoms with E-state index >= 15 is 0 Å². The number of nitrogens with zero attached hydrogens (tertiary/aromatic N) is 2. The van der Waals surface area contributed by atoms with Crippen molar-refractivity contribution in [2.24, 2.45) is 0 Å². The number of rotatable bonds is 1. The molecule has 5 N–H and O–H groups in total. The monoisotopic (exact) mass is 403 g/mol. The van der Waals surface area contributed by atoms with Gasteiger partial charge in [-0.15, -0.1) is 0 Å². The number of anilines is 2. The first-order chi connectivity index (χ1) is 13.5. The van der Waals surface area contributed by atoms with Gasteiger partial charge in [-0.05, 0) is 45.7 Å². The van der Waals surface area contributed by atoms with Crippen molar-refractivity contribution in [1.82, 2.24) is 14.5 Å². The summed E-state index contributed by atoms with van der Waals surface area (Å²) >= 11 is 0. The average Bonchev–Trinajstić information content (AvgIpc) is 2.61. The third kappa shape index (κ3) is 7.02. The van der Waals surface area contributed by atoms with Crippen LogP contribution in [0, 0.1) is 0 Å². The van der Waals surface area contributed by atoms with Gasteiger partial charge in [0, 0.05) is 55.0 Å². The predicted octanol–water partition coefficient (Wildman–Crippen LogP) is 1.96. The summed E-state index contributed by atoms with van der Waals surface area (Å²) < 4.78 is 7.06. The lowest BCUT2D eigenvalue weighted by Gasteiger charge is -2.34. The molecule has 0 spiro atoms. The van der Waals surface area contributed by atoms with Crippen LogP contribution < -0.4 is 22.6 Å². The summed E-state index contributed by atoms with van der Waals surface area (Å²) in [5.41, 5.74) is 11.1. The molecule has 1 saturated heterocycles. The summed E-state index contributed by atoms with van der Waals surface area (Å²) in [5.74, 6) is 0. The number of piperidine rings is 1. The Hall–Kier alpha value is -3.23. The van der Waals surface area contributed by atoms with Crippen molar-refractivity contribution in [3.05, 3.63) is 57.4 Å². The molecular formula is C20H29N5O4. The van der Waals surface area contributed by atoms with Crippen molar-refractivity contribution in [1.29, 1.82) is 0 Å². The zero-order valence-corrected chi connectivity index (χ0v) is 17.1. The number of nitrogens with two attached hydrogens (primary N) is 2. The number of carbonyl (C=O) groups excluding carboxylic acids is 1. The second kappa shape index (κ2) is 9.31. The Balaban J connectivity index is 0.000000313. The number of likely N-dealkylation sites (tertiary alicyclic amines) is 1. The molecule has 2 aromatic rings. The van der Waals surface area contributed by atoms with E-state index in [4.69, 9.17) is 16.2 Å². The fourth-order valence-electron chi connectivity index (χ4n) is 2.92. The summed E-state index contributed by atoms with van der Waals surface area (Å²) in [5, 5.41) is 0. The number of aromatic nitrogens is 2. The smallest absolute Gasteiger partial charge is 0.410 e. The largest absolute Gasteiger partial charge is 0.444 e. The first kappa shape index (κ1) is 22.1. The Bertz CT molecular complexity index is 937. The van der Waals surface area contributed by atoms with Crippen LogP contribution in [-0.4, -0.2) is 39.2 Å². The van der Waals surface area contributed by atoms with E-state index in [0.717, 1.165) is 12.8 Å². The molecule has 0 aromatic carbocycles. The predicted molar refractivity (Wildman–Crippen MR) is 113 cm³/mol. The Kier molecular flexibility index (Phi) is 7.08. The zero-order valence-electron chi connectivity index (χ0n) is 17.1. The van der Waals surface area contributed by atoms with Crippen LogP contribution in [-0.2, 0) is 4.74 Å². The topological polar surface area (TPSA) is 136 Å². The molecule has 1 amide bonds. The second-order valence-corrected chi connectivity index (χ2v) is 7.89. The van der Waals surface area contributed by atoms with Crippen LogP contribution in [0.25, 0.3) is 0 Å². The number of hydrogen-bond donors (Lipinski definition) is 3. The fourth-order valence-corrected chi connectivity index (χ4v) is 2.92. The third-order valence-electron chi connectivity index (χ3n) is 4.28. The molecule has 158 valence electrons. The molecule has 0 unspecified atom stereocenters. The Morgan fingerprint density at radius 1 is 1.10 bits per heavy atom. The normalized spacial score (nSPS) is 14.7. The molecular weight excluding hydrogens is 374 g/mol. The van der Waals surface area contributed by atoms with Crippen molar-refractivity contribution in [3.63, 3.8) is 0 Å². The number of hydrogen-bond acceptors (Lipinski definition) is 6. The highest BCUT2D eigenvalue weighted by Crippen LogP contribution is 2.22. The van der Waals surface area contributed by atoms with E-state index in [-0.39, 0.29) is 23.3 Å². The number of nitrogens with one attached hydrogen (secondary N) is 1. The van der Waals surface area contributed by atoms with Gasteiger partial charge in [0.05, 0.1) is 0 Å². The minimum Gasteiger partial charge on any atom is -0.444 e. The molecule has 0 saturated carbocycles. The summed E-state index contributed by atoms with van der Waals surface area (Å²) in [6.07, 6.45) is 4.43. The van der Waals surface area contributed by atoms with Crippen LogP contribution in [0.2, 0.25) is 0 Å². The molecule has 3 heterocycles. The minimum atomic E-state index is -0.484. The molecule has 1 aliphatic rings. The fraction of sp³-hybridized carbons (Fsp3) is 0.450. The number of H-pyrrole nitrogens is 1. The van der Waals surface area contributed by atoms with E-state index in [1.54, 1.807) is 27.8 Å². The van der Waals surface area contributed by atoms with Crippen molar-refractivity contribution in [3.8, 4) is 0 Å². The summed E-state index contributed by atoms with van der Waals surface area (Å²) in [4.78, 5) is 38.4. The van der Waals surface area contributed by atoms with Gasteiger partial charge in [0.2, 0.25) is 5.56 Å². The summed E-state index contributed by atoms with van der Waals surface area (Å²) in [6.45, 7) is 6.75. The Morgan fingerprint density at radius 3 is 2.21 bits per heavy atom. The molecule has 2 aromatic heterocycles. The number of carbonyl (C=O) groups is 1. The first-order valence-corrected chi connectivity index (χ1v) is 9.45. The molecule has 0 bridgehead atoms. The summed E-state index contributed by atoms with van der Waals surface area (Å²) in [6, 6.07) is 6.22. The van der Waals surface area contributed by atoms with Gasteiger partial charge in [-0.1, -0.05) is 0 Å². The number of amides is 1. The van der Waals surface area contributed by atoms with Gasteiger partial charge >= 0.3 is 6.09 Å². The summed E-state index contributed by atoms with van der Waals surface area (Å²) in [7, 11) is 0. The Morgan fingerprint density at radius 2 is 1.72 bits per heavy atom. The van der Waals surface area contributed by atoms with E-state index in [2.05, 4.69) is 4.98 Å². The van der Waals surface area contributed by atoms with Gasteiger partial charge in [0.25, 0.3) is 5.56 Å². The maximum Gasteiger partial charge on any atom is 0.410 e. The van der Waals surface area contributed by atoms with E-state index < -0.39 is 5.60 Å². The Labute approximate surface area is 169 Å². The van der Waals surface area contributed by atoms with Gasteiger partial charge in [-0.3, -0.25) is 9.59 Å². The average molecular weight is 403 g/mol. The van der Waals surface area contributed by atoms with Gasteiger partial charge in [0.1, 0.15) is 5.60 Å². The van der Waals surface area contributed by atoms with E-state index in [0.29, 0.717) is 24.5 Å². The zero-order chi connectivity index (χ0) is 21.6. The number of pyridine rings is 2.